The quantitative estimate of drug-likeness (QED) is 0.667. The van der Waals surface area contributed by atoms with Crippen LogP contribution in [0.25, 0.3) is 0 Å². The van der Waals surface area contributed by atoms with Crippen molar-refractivity contribution in [2.75, 3.05) is 20.2 Å². The minimum atomic E-state index is -0.984. The normalized spacial score (nSPS) is 25.2. The first-order valence-corrected chi connectivity index (χ1v) is 10.1. The number of hydrogen-bond acceptors (Lipinski definition) is 6. The molecule has 3 aliphatic rings. The van der Waals surface area contributed by atoms with Crippen LogP contribution < -0.4 is 5.32 Å². The van der Waals surface area contributed by atoms with Crippen LogP contribution in [0.3, 0.4) is 0 Å². The van der Waals surface area contributed by atoms with Gasteiger partial charge in [-0.3, -0.25) is 14.4 Å². The Morgan fingerprint density at radius 2 is 1.97 bits per heavy atom. The molecule has 4 rings (SSSR count). The van der Waals surface area contributed by atoms with Crippen molar-refractivity contribution in [2.24, 2.45) is 5.92 Å². The van der Waals surface area contributed by atoms with Gasteiger partial charge in [0, 0.05) is 31.7 Å². The summed E-state index contributed by atoms with van der Waals surface area (Å²) in [5, 5.41) is 12.8. The van der Waals surface area contributed by atoms with Crippen molar-refractivity contribution >= 4 is 17.7 Å². The number of nitrogens with zero attached hydrogens (tertiary/aromatic N) is 2. The first-order valence-electron chi connectivity index (χ1n) is 10.1. The van der Waals surface area contributed by atoms with Crippen molar-refractivity contribution < 1.29 is 28.6 Å². The van der Waals surface area contributed by atoms with E-state index in [9.17, 15) is 19.5 Å². The van der Waals surface area contributed by atoms with Gasteiger partial charge in [-0.1, -0.05) is 0 Å². The number of hydrogen-bond donors (Lipinski definition) is 2. The lowest BCUT2D eigenvalue weighted by Crippen LogP contribution is -2.58. The molecule has 3 fully saturated rings. The summed E-state index contributed by atoms with van der Waals surface area (Å²) in [5.41, 5.74) is 0.699. The molecule has 2 saturated heterocycles. The average molecular weight is 405 g/mol. The van der Waals surface area contributed by atoms with E-state index in [0.717, 1.165) is 12.8 Å². The molecule has 1 saturated carbocycles. The number of fused-ring (bicyclic) bond motifs is 2. The standard InChI is InChI=1S/C20H27N3O6/c1-11(24)16(21-18(25)12-3-4-12)19(26)22-8-15-7-14(22)9-23(15)20(27)17-13(10-28-2)5-6-29-17/h5-6,11-12,14-16,24H,3-4,7-10H2,1-2H3,(H,21,25)/t11?,14-,15-,16?/m0/s1. The van der Waals surface area contributed by atoms with Crippen molar-refractivity contribution in [3.05, 3.63) is 23.7 Å². The monoisotopic (exact) mass is 405 g/mol. The lowest BCUT2D eigenvalue weighted by Gasteiger charge is -2.36. The van der Waals surface area contributed by atoms with E-state index in [2.05, 4.69) is 5.32 Å². The molecule has 3 amide bonds. The number of ether oxygens (including phenoxy) is 1. The fourth-order valence-corrected chi connectivity index (χ4v) is 4.29. The van der Waals surface area contributed by atoms with E-state index in [1.807, 2.05) is 0 Å². The maximum atomic E-state index is 13.0. The van der Waals surface area contributed by atoms with Crippen LogP contribution in [-0.4, -0.2) is 77.1 Å². The lowest BCUT2D eigenvalue weighted by molar-refractivity contribution is -0.141. The van der Waals surface area contributed by atoms with Crippen LogP contribution in [0, 0.1) is 5.92 Å². The summed E-state index contributed by atoms with van der Waals surface area (Å²) in [7, 11) is 1.56. The highest BCUT2D eigenvalue weighted by Gasteiger charge is 2.49. The highest BCUT2D eigenvalue weighted by Crippen LogP contribution is 2.33. The summed E-state index contributed by atoms with van der Waals surface area (Å²) in [6.45, 7) is 2.60. The molecule has 158 valence electrons. The molecule has 0 aromatic carbocycles. The zero-order valence-corrected chi connectivity index (χ0v) is 16.7. The Kier molecular flexibility index (Phi) is 5.35. The third-order valence-corrected chi connectivity index (χ3v) is 6.02. The summed E-state index contributed by atoms with van der Waals surface area (Å²) < 4.78 is 10.5. The minimum absolute atomic E-state index is 0.0400. The summed E-state index contributed by atoms with van der Waals surface area (Å²) in [6, 6.07) is 0.531. The Balaban J connectivity index is 1.41. The predicted molar refractivity (Wildman–Crippen MR) is 101 cm³/mol. The molecular weight excluding hydrogens is 378 g/mol. The van der Waals surface area contributed by atoms with Gasteiger partial charge in [-0.05, 0) is 32.3 Å². The second-order valence-electron chi connectivity index (χ2n) is 8.20. The van der Waals surface area contributed by atoms with Crippen LogP contribution in [0.2, 0.25) is 0 Å². The third kappa shape index (κ3) is 3.76. The van der Waals surface area contributed by atoms with Gasteiger partial charge in [0.05, 0.1) is 31.1 Å². The molecule has 1 aromatic rings. The molecule has 29 heavy (non-hydrogen) atoms. The molecular formula is C20H27N3O6. The maximum absolute atomic E-state index is 13.0. The van der Waals surface area contributed by atoms with Gasteiger partial charge in [-0.15, -0.1) is 0 Å². The first kappa shape index (κ1) is 19.9. The first-order chi connectivity index (χ1) is 13.9. The number of aliphatic hydroxyl groups excluding tert-OH is 1. The molecule has 9 nitrogen and oxygen atoms in total. The topological polar surface area (TPSA) is 112 Å². The van der Waals surface area contributed by atoms with Crippen molar-refractivity contribution in [1.29, 1.82) is 0 Å². The van der Waals surface area contributed by atoms with Crippen molar-refractivity contribution in [3.63, 3.8) is 0 Å². The maximum Gasteiger partial charge on any atom is 0.290 e. The Morgan fingerprint density at radius 1 is 1.28 bits per heavy atom. The van der Waals surface area contributed by atoms with Crippen molar-refractivity contribution in [2.45, 2.75) is 57.0 Å². The number of carbonyl (C=O) groups is 3. The van der Waals surface area contributed by atoms with Gasteiger partial charge < -0.3 is 29.4 Å². The number of piperazine rings is 1. The van der Waals surface area contributed by atoms with Crippen molar-refractivity contribution in [1.82, 2.24) is 15.1 Å². The molecule has 9 heteroatoms. The highest BCUT2D eigenvalue weighted by molar-refractivity contribution is 5.94. The van der Waals surface area contributed by atoms with E-state index < -0.39 is 12.1 Å². The zero-order chi connectivity index (χ0) is 20.7. The van der Waals surface area contributed by atoms with E-state index in [-0.39, 0.29) is 41.5 Å². The van der Waals surface area contributed by atoms with E-state index in [1.54, 1.807) is 23.0 Å². The number of amides is 3. The van der Waals surface area contributed by atoms with Crippen LogP contribution >= 0.6 is 0 Å². The molecule has 1 aliphatic carbocycles. The molecule has 2 aliphatic heterocycles. The number of nitrogens with one attached hydrogen (secondary N) is 1. The van der Waals surface area contributed by atoms with Gasteiger partial charge in [-0.25, -0.2) is 0 Å². The second-order valence-corrected chi connectivity index (χ2v) is 8.20. The van der Waals surface area contributed by atoms with Crippen LogP contribution in [0.1, 0.15) is 42.3 Å². The zero-order valence-electron chi connectivity index (χ0n) is 16.7. The fourth-order valence-electron chi connectivity index (χ4n) is 4.29. The number of aliphatic hydroxyl groups is 1. The van der Waals surface area contributed by atoms with Gasteiger partial charge in [0.15, 0.2) is 5.76 Å². The number of carbonyl (C=O) groups excluding carboxylic acids is 3. The SMILES string of the molecule is COCc1ccoc1C(=O)N1C[C@@H]2C[C@H]1CN2C(=O)C(NC(=O)C1CC1)C(C)O. The Labute approximate surface area is 169 Å². The van der Waals surface area contributed by atoms with Gasteiger partial charge in [0.2, 0.25) is 11.8 Å². The predicted octanol–water partition coefficient (Wildman–Crippen LogP) is 0.127. The smallest absolute Gasteiger partial charge is 0.290 e. The molecule has 2 bridgehead atoms. The van der Waals surface area contributed by atoms with Crippen LogP contribution in [-0.2, 0) is 20.9 Å². The number of likely N-dealkylation sites (tertiary alicyclic amines) is 2. The minimum Gasteiger partial charge on any atom is -0.459 e. The van der Waals surface area contributed by atoms with Gasteiger partial charge in [-0.2, -0.15) is 0 Å². The van der Waals surface area contributed by atoms with Crippen LogP contribution in [0.15, 0.2) is 16.7 Å². The summed E-state index contributed by atoms with van der Waals surface area (Å²) in [6.07, 6.45) is 2.83. The van der Waals surface area contributed by atoms with E-state index >= 15 is 0 Å². The molecule has 0 radical (unpaired) electrons. The summed E-state index contributed by atoms with van der Waals surface area (Å²) in [4.78, 5) is 41.5. The third-order valence-electron chi connectivity index (χ3n) is 6.02. The van der Waals surface area contributed by atoms with Crippen molar-refractivity contribution in [3.8, 4) is 0 Å². The average Bonchev–Trinajstić information content (AvgIpc) is 3.12. The molecule has 3 heterocycles. The number of rotatable bonds is 7. The van der Waals surface area contributed by atoms with Crippen LogP contribution in [0.5, 0.6) is 0 Å². The largest absolute Gasteiger partial charge is 0.459 e. The van der Waals surface area contributed by atoms with E-state index in [0.29, 0.717) is 31.7 Å². The van der Waals surface area contributed by atoms with E-state index in [1.165, 1.54) is 13.2 Å². The number of methoxy groups -OCH3 is 1. The lowest BCUT2D eigenvalue weighted by atomic mass is 10.1. The second kappa shape index (κ2) is 7.79. The Morgan fingerprint density at radius 3 is 2.55 bits per heavy atom. The van der Waals surface area contributed by atoms with Gasteiger partial charge >= 0.3 is 0 Å². The summed E-state index contributed by atoms with van der Waals surface area (Å²) >= 11 is 0. The summed E-state index contributed by atoms with van der Waals surface area (Å²) in [5.74, 6) is -0.422. The molecule has 0 spiro atoms. The van der Waals surface area contributed by atoms with Crippen LogP contribution in [0.4, 0.5) is 0 Å². The molecule has 2 unspecified atom stereocenters. The molecule has 4 atom stereocenters. The van der Waals surface area contributed by atoms with Gasteiger partial charge in [0.25, 0.3) is 5.91 Å². The van der Waals surface area contributed by atoms with Gasteiger partial charge in [0.1, 0.15) is 6.04 Å². The Bertz CT molecular complexity index is 802. The Hall–Kier alpha value is -2.39. The fraction of sp³-hybridized carbons (Fsp3) is 0.650. The number of furan rings is 1. The molecule has 2 N–H and O–H groups in total. The molecule has 1 aromatic heterocycles. The highest BCUT2D eigenvalue weighted by atomic mass is 16.5. The van der Waals surface area contributed by atoms with E-state index in [4.69, 9.17) is 9.15 Å².